The van der Waals surface area contributed by atoms with Gasteiger partial charge in [0.2, 0.25) is 6.79 Å². The third-order valence-electron chi connectivity index (χ3n) is 4.71. The predicted octanol–water partition coefficient (Wildman–Crippen LogP) is 3.47. The number of nitrogens with one attached hydrogen (secondary N) is 3. The fourth-order valence-electron chi connectivity index (χ4n) is 3.13. The van der Waals surface area contributed by atoms with Crippen molar-refractivity contribution in [1.29, 1.82) is 5.26 Å². The van der Waals surface area contributed by atoms with Crippen LogP contribution in [0.4, 0.5) is 16.3 Å². The average molecular weight is 419 g/mol. The van der Waals surface area contributed by atoms with Crippen molar-refractivity contribution in [2.75, 3.05) is 37.6 Å². The number of carbonyl (C=O) groups is 1. The zero-order valence-corrected chi connectivity index (χ0v) is 16.9. The lowest BCUT2D eigenvalue weighted by molar-refractivity contribution is 0.174. The van der Waals surface area contributed by atoms with Gasteiger partial charge in [0.15, 0.2) is 11.5 Å². The Hall–Kier alpha value is -4.19. The lowest BCUT2D eigenvalue weighted by atomic mass is 10.1. The third-order valence-corrected chi connectivity index (χ3v) is 4.71. The first-order valence-corrected chi connectivity index (χ1v) is 9.73. The molecule has 0 radical (unpaired) electrons. The van der Waals surface area contributed by atoms with Crippen molar-refractivity contribution in [3.8, 4) is 23.3 Å². The van der Waals surface area contributed by atoms with Crippen LogP contribution < -0.4 is 30.2 Å². The molecule has 4 rings (SSSR count). The van der Waals surface area contributed by atoms with Crippen LogP contribution >= 0.6 is 0 Å². The summed E-state index contributed by atoms with van der Waals surface area (Å²) in [4.78, 5) is 16.5. The van der Waals surface area contributed by atoms with Gasteiger partial charge in [0.1, 0.15) is 17.6 Å². The zero-order chi connectivity index (χ0) is 21.6. The molecular formula is C22H21N5O4. The van der Waals surface area contributed by atoms with E-state index in [9.17, 15) is 10.1 Å². The van der Waals surface area contributed by atoms with Gasteiger partial charge in [-0.2, -0.15) is 5.26 Å². The number of rotatable bonds is 7. The minimum atomic E-state index is -0.289. The van der Waals surface area contributed by atoms with E-state index in [1.165, 1.54) is 0 Å². The lowest BCUT2D eigenvalue weighted by Crippen LogP contribution is -2.30. The van der Waals surface area contributed by atoms with Gasteiger partial charge in [-0.3, -0.25) is 0 Å². The Bertz CT molecular complexity index is 1140. The van der Waals surface area contributed by atoms with E-state index in [0.29, 0.717) is 53.6 Å². The molecule has 0 unspecified atom stereocenters. The van der Waals surface area contributed by atoms with Gasteiger partial charge in [-0.05, 0) is 42.8 Å². The van der Waals surface area contributed by atoms with Gasteiger partial charge in [-0.25, -0.2) is 9.78 Å². The highest BCUT2D eigenvalue weighted by Crippen LogP contribution is 2.36. The maximum atomic E-state index is 12.0. The van der Waals surface area contributed by atoms with E-state index >= 15 is 0 Å². The second-order valence-corrected chi connectivity index (χ2v) is 6.78. The van der Waals surface area contributed by atoms with Crippen LogP contribution in [0.25, 0.3) is 10.9 Å². The van der Waals surface area contributed by atoms with Crippen LogP contribution in [0, 0.1) is 11.3 Å². The van der Waals surface area contributed by atoms with E-state index in [1.54, 1.807) is 43.5 Å². The minimum Gasteiger partial charge on any atom is -0.497 e. The smallest absolute Gasteiger partial charge is 0.319 e. The molecule has 0 aliphatic carbocycles. The number of urea groups is 1. The maximum absolute atomic E-state index is 12.0. The Morgan fingerprint density at radius 3 is 2.68 bits per heavy atom. The van der Waals surface area contributed by atoms with Gasteiger partial charge < -0.3 is 30.2 Å². The number of methoxy groups -OCH3 is 1. The number of amides is 2. The Labute approximate surface area is 178 Å². The number of benzene rings is 2. The van der Waals surface area contributed by atoms with Crippen LogP contribution in [0.2, 0.25) is 0 Å². The molecule has 2 heterocycles. The molecule has 2 amide bonds. The highest BCUT2D eigenvalue weighted by molar-refractivity contribution is 5.89. The van der Waals surface area contributed by atoms with Crippen LogP contribution in [-0.4, -0.2) is 38.0 Å². The van der Waals surface area contributed by atoms with Crippen molar-refractivity contribution in [2.24, 2.45) is 0 Å². The summed E-state index contributed by atoms with van der Waals surface area (Å²) in [6, 6.07) is 14.3. The Balaban J connectivity index is 1.28. The van der Waals surface area contributed by atoms with Crippen LogP contribution in [0.3, 0.4) is 0 Å². The second kappa shape index (κ2) is 9.09. The summed E-state index contributed by atoms with van der Waals surface area (Å²) in [7, 11) is 1.59. The normalized spacial score (nSPS) is 11.6. The molecule has 1 aromatic heterocycles. The quantitative estimate of drug-likeness (QED) is 0.502. The average Bonchev–Trinajstić information content (AvgIpc) is 3.24. The van der Waals surface area contributed by atoms with Crippen molar-refractivity contribution in [1.82, 2.24) is 10.3 Å². The number of carbonyl (C=O) groups excluding carboxylic acids is 1. The first-order chi connectivity index (χ1) is 15.2. The molecule has 31 heavy (non-hydrogen) atoms. The van der Waals surface area contributed by atoms with Crippen LogP contribution in [-0.2, 0) is 0 Å². The molecule has 0 bridgehead atoms. The lowest BCUT2D eigenvalue weighted by Gasteiger charge is -2.11. The fraction of sp³-hybridized carbons (Fsp3) is 0.227. The van der Waals surface area contributed by atoms with E-state index in [0.717, 1.165) is 11.1 Å². The molecular weight excluding hydrogens is 398 g/mol. The standard InChI is InChI=1S/C22H21N5O4/c1-29-17-5-3-16(4-6-17)26-22(28)25-8-2-7-24-21-15(12-23)9-14-10-19-20(31-13-30-19)11-18(14)27-21/h3-6,9-11H,2,7-8,13H2,1H3,(H,24,27)(H2,25,26,28). The molecule has 3 aromatic rings. The summed E-state index contributed by atoms with van der Waals surface area (Å²) < 4.78 is 15.9. The van der Waals surface area contributed by atoms with Crippen molar-refractivity contribution < 1.29 is 19.0 Å². The third kappa shape index (κ3) is 4.70. The molecule has 9 heteroatoms. The summed E-state index contributed by atoms with van der Waals surface area (Å²) in [5.74, 6) is 2.51. The van der Waals surface area contributed by atoms with E-state index in [-0.39, 0.29) is 12.8 Å². The van der Waals surface area contributed by atoms with Crippen molar-refractivity contribution in [3.63, 3.8) is 0 Å². The first kappa shape index (κ1) is 20.1. The van der Waals surface area contributed by atoms with E-state index < -0.39 is 0 Å². The molecule has 3 N–H and O–H groups in total. The number of nitrogens with zero attached hydrogens (tertiary/aromatic N) is 2. The monoisotopic (exact) mass is 419 g/mol. The van der Waals surface area contributed by atoms with Gasteiger partial charge in [0, 0.05) is 30.2 Å². The van der Waals surface area contributed by atoms with E-state index in [4.69, 9.17) is 14.2 Å². The highest BCUT2D eigenvalue weighted by Gasteiger charge is 2.16. The SMILES string of the molecule is COc1ccc(NC(=O)NCCCNc2nc3cc4c(cc3cc2C#N)OCO4)cc1. The summed E-state index contributed by atoms with van der Waals surface area (Å²) >= 11 is 0. The highest BCUT2D eigenvalue weighted by atomic mass is 16.7. The van der Waals surface area contributed by atoms with Crippen LogP contribution in [0.5, 0.6) is 17.2 Å². The summed E-state index contributed by atoms with van der Waals surface area (Å²) in [5, 5.41) is 19.0. The summed E-state index contributed by atoms with van der Waals surface area (Å²) in [5.41, 5.74) is 1.83. The van der Waals surface area contributed by atoms with Crippen molar-refractivity contribution in [3.05, 3.63) is 48.0 Å². The number of hydrogen-bond acceptors (Lipinski definition) is 7. The number of ether oxygens (including phenoxy) is 3. The number of fused-ring (bicyclic) bond motifs is 2. The molecule has 0 spiro atoms. The van der Waals surface area contributed by atoms with Crippen molar-refractivity contribution in [2.45, 2.75) is 6.42 Å². The molecule has 0 fully saturated rings. The van der Waals surface area contributed by atoms with Gasteiger partial charge in [0.05, 0.1) is 18.2 Å². The molecule has 2 aromatic carbocycles. The van der Waals surface area contributed by atoms with E-state index in [2.05, 4.69) is 27.0 Å². The maximum Gasteiger partial charge on any atom is 0.319 e. The Morgan fingerprint density at radius 2 is 1.94 bits per heavy atom. The summed E-state index contributed by atoms with van der Waals surface area (Å²) in [6.07, 6.45) is 0.655. The molecule has 0 saturated carbocycles. The second-order valence-electron chi connectivity index (χ2n) is 6.78. The Kier molecular flexibility index (Phi) is 5.89. The molecule has 9 nitrogen and oxygen atoms in total. The number of hydrogen-bond donors (Lipinski definition) is 3. The van der Waals surface area contributed by atoms with Crippen LogP contribution in [0.15, 0.2) is 42.5 Å². The molecule has 158 valence electrons. The van der Waals surface area contributed by atoms with Gasteiger partial charge in [-0.1, -0.05) is 0 Å². The molecule has 0 saturated heterocycles. The molecule has 0 atom stereocenters. The van der Waals surface area contributed by atoms with Gasteiger partial charge in [-0.15, -0.1) is 0 Å². The van der Waals surface area contributed by atoms with Crippen molar-refractivity contribution >= 4 is 28.4 Å². The topological polar surface area (TPSA) is 118 Å². The number of nitriles is 1. The van der Waals surface area contributed by atoms with Gasteiger partial charge in [0.25, 0.3) is 0 Å². The van der Waals surface area contributed by atoms with Crippen LogP contribution in [0.1, 0.15) is 12.0 Å². The largest absolute Gasteiger partial charge is 0.497 e. The number of aromatic nitrogens is 1. The fourth-order valence-corrected chi connectivity index (χ4v) is 3.13. The Morgan fingerprint density at radius 1 is 1.16 bits per heavy atom. The molecule has 1 aliphatic heterocycles. The predicted molar refractivity (Wildman–Crippen MR) is 116 cm³/mol. The zero-order valence-electron chi connectivity index (χ0n) is 16.9. The van der Waals surface area contributed by atoms with Gasteiger partial charge >= 0.3 is 6.03 Å². The number of pyridine rings is 1. The molecule has 1 aliphatic rings. The first-order valence-electron chi connectivity index (χ1n) is 9.73. The number of anilines is 2. The van der Waals surface area contributed by atoms with E-state index in [1.807, 2.05) is 6.07 Å². The minimum absolute atomic E-state index is 0.181. The summed E-state index contributed by atoms with van der Waals surface area (Å²) in [6.45, 7) is 1.19.